The molecule has 2 nitrogen and oxygen atoms in total. The summed E-state index contributed by atoms with van der Waals surface area (Å²) < 4.78 is 19.1. The Balaban J connectivity index is 1.32. The first kappa shape index (κ1) is 21.6. The lowest BCUT2D eigenvalue weighted by Crippen LogP contribution is -2.52. The van der Waals surface area contributed by atoms with Crippen LogP contribution in [-0.2, 0) is 0 Å². The van der Waals surface area contributed by atoms with Gasteiger partial charge >= 0.3 is 0 Å². The van der Waals surface area contributed by atoms with Gasteiger partial charge in [0.2, 0.25) is 13.4 Å². The second-order valence-corrected chi connectivity index (χ2v) is 13.1. The first-order chi connectivity index (χ1) is 23.6. The lowest BCUT2D eigenvalue weighted by molar-refractivity contribution is 1.49. The zero-order chi connectivity index (χ0) is 31.7. The Morgan fingerprint density at radius 1 is 0.543 bits per heavy atom. The van der Waals surface area contributed by atoms with Crippen molar-refractivity contribution in [2.24, 2.45) is 0 Å². The largest absolute Gasteiger partial charge is 0.244 e. The molecule has 8 aromatic rings. The highest BCUT2D eigenvalue weighted by atomic mass is 14.6. The van der Waals surface area contributed by atoms with Gasteiger partial charge in [0.25, 0.3) is 0 Å². The summed E-state index contributed by atoms with van der Waals surface area (Å²) in [6.07, 6.45) is 0. The smallest absolute Gasteiger partial charge is 0.238 e. The van der Waals surface area contributed by atoms with Gasteiger partial charge in [-0.25, -0.2) is 4.85 Å². The fourth-order valence-corrected chi connectivity index (χ4v) is 9.69. The number of nitrogens with zero attached hydrogens (tertiary/aromatic N) is 2. The lowest BCUT2D eigenvalue weighted by Gasteiger charge is -2.31. The van der Waals surface area contributed by atoms with E-state index in [2.05, 4.69) is 71.6 Å². The fraction of sp³-hybridized carbons (Fsp3) is 0. The number of hydrogen-bond donors (Lipinski definition) is 0. The Morgan fingerprint density at radius 3 is 1.54 bits per heavy atom. The molecule has 4 heterocycles. The molecule has 0 fully saturated rings. The van der Waals surface area contributed by atoms with Crippen LogP contribution in [0.15, 0.2) is 109 Å². The summed E-state index contributed by atoms with van der Waals surface area (Å²) in [7, 11) is 0. The topological polar surface area (TPSA) is 28.1 Å². The SMILES string of the molecule is [2H]c1cc2c3c(cc4c([2H])cc5c6c(cc1c3c46)B1c3ccccc3-c3cc([N+]#[C-])cc-5c31)B1c3ccccc3-c3cc(C#N)cc-2c31. The zero-order valence-electron chi connectivity index (χ0n) is 26.3. The number of hydrogen-bond acceptors (Lipinski definition) is 1. The minimum atomic E-state index is -0.0210. The minimum Gasteiger partial charge on any atom is -0.238 e. The van der Waals surface area contributed by atoms with Crippen molar-refractivity contribution in [3.8, 4) is 50.6 Å². The molecule has 0 aromatic heterocycles. The fourth-order valence-electron chi connectivity index (χ4n) is 9.69. The standard InChI is InChI=1S/C42H18B2N2/c1-46-24-18-31-26-7-3-5-9-34(26)44-36-17-22-10-12-27-30-15-21(20-45)14-29-25-6-2-4-8-33(25)43(41(29)30)35-16-23-11-13-28(32(19-24)42(31)44)40(36)38(23)37(22)39(27)35/h2-19H/i10D,11D. The second-order valence-electron chi connectivity index (χ2n) is 13.1. The third-order valence-corrected chi connectivity index (χ3v) is 11.3. The van der Waals surface area contributed by atoms with Gasteiger partial charge in [-0.05, 0) is 101 Å². The molecule has 0 bridgehead atoms. The average molecular weight is 574 g/mol. The molecule has 0 N–H and O–H groups in total. The normalized spacial score (nSPS) is 14.1. The predicted octanol–water partition coefficient (Wildman–Crippen LogP) is 5.96. The number of rotatable bonds is 0. The van der Waals surface area contributed by atoms with Crippen LogP contribution in [0.1, 0.15) is 8.30 Å². The molecule has 4 heteroatoms. The van der Waals surface area contributed by atoms with Crippen LogP contribution in [-0.4, -0.2) is 13.4 Å². The van der Waals surface area contributed by atoms with Crippen LogP contribution in [0.3, 0.4) is 0 Å². The van der Waals surface area contributed by atoms with Crippen molar-refractivity contribution in [2.45, 2.75) is 0 Å². The summed E-state index contributed by atoms with van der Waals surface area (Å²) in [5, 5.41) is 16.3. The Hall–Kier alpha value is -6.09. The van der Waals surface area contributed by atoms with E-state index in [1.165, 1.54) is 32.8 Å². The highest BCUT2D eigenvalue weighted by Crippen LogP contribution is 2.46. The minimum absolute atomic E-state index is 0.0173. The van der Waals surface area contributed by atoms with Gasteiger partial charge < -0.3 is 0 Å². The monoisotopic (exact) mass is 574 g/mol. The van der Waals surface area contributed by atoms with E-state index in [0.717, 1.165) is 76.8 Å². The van der Waals surface area contributed by atoms with Gasteiger partial charge in [-0.15, -0.1) is 0 Å². The molecule has 202 valence electrons. The molecular weight excluding hydrogens is 554 g/mol. The van der Waals surface area contributed by atoms with E-state index in [1.807, 2.05) is 36.4 Å². The van der Waals surface area contributed by atoms with Crippen LogP contribution in [0, 0.1) is 17.9 Å². The van der Waals surface area contributed by atoms with Gasteiger partial charge in [0.1, 0.15) is 0 Å². The van der Waals surface area contributed by atoms with Gasteiger partial charge in [0, 0.05) is 0 Å². The van der Waals surface area contributed by atoms with Crippen molar-refractivity contribution >= 4 is 84.2 Å². The lowest BCUT2D eigenvalue weighted by atomic mass is 9.34. The first-order valence-electron chi connectivity index (χ1n) is 16.7. The van der Waals surface area contributed by atoms with Gasteiger partial charge in [-0.1, -0.05) is 118 Å². The van der Waals surface area contributed by atoms with Crippen LogP contribution < -0.4 is 32.8 Å². The predicted molar refractivity (Wildman–Crippen MR) is 192 cm³/mol. The summed E-state index contributed by atoms with van der Waals surface area (Å²) in [5.41, 5.74) is 17.0. The second kappa shape index (κ2) is 7.58. The summed E-state index contributed by atoms with van der Waals surface area (Å²) in [6.45, 7) is 7.92. The first-order valence-corrected chi connectivity index (χ1v) is 15.7. The molecule has 8 aromatic carbocycles. The Morgan fingerprint density at radius 2 is 1.02 bits per heavy atom. The summed E-state index contributed by atoms with van der Waals surface area (Å²) in [5.74, 6) is 0. The number of nitriles is 1. The Bertz CT molecular complexity index is 2820. The molecule has 0 saturated carbocycles. The van der Waals surface area contributed by atoms with E-state index in [0.29, 0.717) is 23.3 Å². The summed E-state index contributed by atoms with van der Waals surface area (Å²) >= 11 is 0. The van der Waals surface area contributed by atoms with Crippen molar-refractivity contribution < 1.29 is 2.74 Å². The van der Waals surface area contributed by atoms with Crippen molar-refractivity contribution in [2.75, 3.05) is 0 Å². The molecule has 0 unspecified atom stereocenters. The molecule has 4 aliphatic heterocycles. The van der Waals surface area contributed by atoms with E-state index >= 15 is 0 Å². The van der Waals surface area contributed by atoms with Gasteiger partial charge in [0.05, 0.1) is 20.9 Å². The van der Waals surface area contributed by atoms with E-state index in [-0.39, 0.29) is 13.4 Å². The van der Waals surface area contributed by atoms with E-state index < -0.39 is 0 Å². The van der Waals surface area contributed by atoms with E-state index in [4.69, 9.17) is 6.57 Å². The third kappa shape index (κ3) is 2.43. The molecule has 0 radical (unpaired) electrons. The number of fused-ring (bicyclic) bond motifs is 10. The summed E-state index contributed by atoms with van der Waals surface area (Å²) in [4.78, 5) is 3.89. The van der Waals surface area contributed by atoms with Crippen LogP contribution >= 0.6 is 0 Å². The maximum absolute atomic E-state index is 10.1. The maximum atomic E-state index is 10.1. The quantitative estimate of drug-likeness (QED) is 0.125. The molecule has 4 aliphatic rings. The van der Waals surface area contributed by atoms with Crippen molar-refractivity contribution in [1.29, 1.82) is 5.26 Å². The number of benzene rings is 8. The molecule has 0 aliphatic carbocycles. The van der Waals surface area contributed by atoms with E-state index in [1.54, 1.807) is 0 Å². The highest BCUT2D eigenvalue weighted by Gasteiger charge is 2.43. The van der Waals surface area contributed by atoms with Crippen molar-refractivity contribution in [3.05, 3.63) is 126 Å². The Labute approximate surface area is 268 Å². The van der Waals surface area contributed by atoms with Gasteiger partial charge in [-0.2, -0.15) is 5.26 Å². The van der Waals surface area contributed by atoms with Crippen LogP contribution in [0.2, 0.25) is 0 Å². The highest BCUT2D eigenvalue weighted by molar-refractivity contribution is 7.03. The molecule has 0 amide bonds. The maximum Gasteiger partial charge on any atom is 0.244 e. The molecule has 46 heavy (non-hydrogen) atoms. The molecule has 0 atom stereocenters. The van der Waals surface area contributed by atoms with Crippen LogP contribution in [0.5, 0.6) is 0 Å². The summed E-state index contributed by atoms with van der Waals surface area (Å²) in [6, 6.07) is 37.0. The molecule has 12 rings (SSSR count). The van der Waals surface area contributed by atoms with E-state index in [9.17, 15) is 8.00 Å². The zero-order valence-corrected chi connectivity index (χ0v) is 24.3. The van der Waals surface area contributed by atoms with Crippen LogP contribution in [0.25, 0.3) is 81.7 Å². The molecular formula is C42H18B2N2. The van der Waals surface area contributed by atoms with Crippen molar-refractivity contribution in [3.63, 3.8) is 0 Å². The molecule has 0 spiro atoms. The van der Waals surface area contributed by atoms with Crippen molar-refractivity contribution in [1.82, 2.24) is 0 Å². The van der Waals surface area contributed by atoms with Gasteiger partial charge in [0.15, 0.2) is 5.69 Å². The van der Waals surface area contributed by atoms with Crippen LogP contribution in [0.4, 0.5) is 5.69 Å². The Kier molecular flexibility index (Phi) is 3.56. The average Bonchev–Trinajstić information content (AvgIpc) is 3.63. The molecule has 0 saturated heterocycles. The van der Waals surface area contributed by atoms with Gasteiger partial charge in [-0.3, -0.25) is 0 Å². The third-order valence-electron chi connectivity index (χ3n) is 11.3.